The molecule has 51 heavy (non-hydrogen) atoms. The molecule has 0 saturated carbocycles. The number of benzene rings is 1. The van der Waals surface area contributed by atoms with Gasteiger partial charge in [-0.1, -0.05) is 31.5 Å². The van der Waals surface area contributed by atoms with Gasteiger partial charge in [0.15, 0.2) is 23.1 Å². The van der Waals surface area contributed by atoms with Crippen LogP contribution < -0.4 is 10.9 Å². The molecule has 1 spiro atoms. The molecule has 0 radical (unpaired) electrons. The quantitative estimate of drug-likeness (QED) is 0.246. The fraction of sp³-hybridized carbons (Fsp3) is 0.389. The third-order valence-corrected chi connectivity index (χ3v) is 10.5. The average Bonchev–Trinajstić information content (AvgIpc) is 3.67. The topological polar surface area (TPSA) is 160 Å². The smallest absolute Gasteiger partial charge is 0.279 e. The number of nitrogens with zero attached hydrogens (tertiary/aromatic N) is 8. The Morgan fingerprint density at radius 2 is 1.84 bits per heavy atom. The highest BCUT2D eigenvalue weighted by Crippen LogP contribution is 2.50. The van der Waals surface area contributed by atoms with Crippen molar-refractivity contribution in [3.8, 4) is 17.1 Å². The molecule has 1 aliphatic carbocycles. The summed E-state index contributed by atoms with van der Waals surface area (Å²) in [5.74, 6) is -1.74. The predicted molar refractivity (Wildman–Crippen MR) is 188 cm³/mol. The van der Waals surface area contributed by atoms with Crippen molar-refractivity contribution in [3.63, 3.8) is 0 Å². The van der Waals surface area contributed by atoms with Gasteiger partial charge in [-0.05, 0) is 76.1 Å². The maximum atomic E-state index is 15.4. The fourth-order valence-electron chi connectivity index (χ4n) is 7.69. The Kier molecular flexibility index (Phi) is 8.60. The minimum absolute atomic E-state index is 0.00342. The SMILES string of the molecule is CCc1ccc(NC(=O)Cn2c3c(c(=O)n4nc(-c5cc(C)nc(C)c5F)nc24)C2(CCN(C(=O)c4ncnc(C)c4O)CC2)CC3C)c(Cl)c1. The summed E-state index contributed by atoms with van der Waals surface area (Å²) in [5, 5.41) is 18.3. The lowest BCUT2D eigenvalue weighted by Gasteiger charge is -2.39. The molecule has 0 bridgehead atoms. The third-order valence-electron chi connectivity index (χ3n) is 10.2. The number of rotatable bonds is 6. The van der Waals surface area contributed by atoms with Gasteiger partial charge in [-0.3, -0.25) is 19.4 Å². The van der Waals surface area contributed by atoms with E-state index < -0.39 is 28.6 Å². The lowest BCUT2D eigenvalue weighted by Crippen LogP contribution is -2.46. The van der Waals surface area contributed by atoms with E-state index in [4.69, 9.17) is 11.6 Å². The first-order valence-electron chi connectivity index (χ1n) is 16.9. The fourth-order valence-corrected chi connectivity index (χ4v) is 7.94. The number of fused-ring (bicyclic) bond motifs is 3. The highest BCUT2D eigenvalue weighted by molar-refractivity contribution is 6.33. The van der Waals surface area contributed by atoms with Crippen LogP contribution in [0.1, 0.15) is 83.4 Å². The molecule has 264 valence electrons. The second kappa shape index (κ2) is 12.8. The standard InChI is InChI=1S/C36H37ClFN9O4/c1-6-22-7-8-25(24(37)14-22)42-26(48)16-46-30-18(2)15-36(9-11-45(12-10-36)34(51)29-31(49)21(5)39-17-40-29)27(30)33(50)47-35(46)43-32(44-47)23-13-19(3)41-20(4)28(23)38/h7-8,13-14,17-18,49H,6,9-12,15-16H2,1-5H3,(H,42,48). The van der Waals surface area contributed by atoms with Crippen molar-refractivity contribution in [2.45, 2.75) is 78.2 Å². The summed E-state index contributed by atoms with van der Waals surface area (Å²) in [4.78, 5) is 60.2. The van der Waals surface area contributed by atoms with Gasteiger partial charge in [0.05, 0.1) is 27.7 Å². The number of likely N-dealkylation sites (tertiary alicyclic amines) is 1. The molecule has 2 N–H and O–H groups in total. The minimum Gasteiger partial charge on any atom is -0.504 e. The Balaban J connectivity index is 1.32. The predicted octanol–water partition coefficient (Wildman–Crippen LogP) is 5.05. The Labute approximate surface area is 297 Å². The van der Waals surface area contributed by atoms with E-state index in [2.05, 4.69) is 30.4 Å². The molecule has 15 heteroatoms. The zero-order valence-electron chi connectivity index (χ0n) is 28.9. The van der Waals surface area contributed by atoms with Gasteiger partial charge < -0.3 is 19.9 Å². The van der Waals surface area contributed by atoms with Crippen molar-refractivity contribution >= 4 is 34.9 Å². The zero-order valence-corrected chi connectivity index (χ0v) is 29.7. The van der Waals surface area contributed by atoms with Crippen LogP contribution in [0, 0.1) is 26.6 Å². The maximum absolute atomic E-state index is 15.4. The zero-order chi connectivity index (χ0) is 36.4. The summed E-state index contributed by atoms with van der Waals surface area (Å²) < 4.78 is 18.3. The molecule has 1 aliphatic heterocycles. The van der Waals surface area contributed by atoms with Gasteiger partial charge in [-0.25, -0.2) is 14.4 Å². The summed E-state index contributed by atoms with van der Waals surface area (Å²) in [6.45, 7) is 9.29. The largest absolute Gasteiger partial charge is 0.504 e. The number of amides is 2. The molecule has 1 aromatic carbocycles. The molecule has 1 unspecified atom stereocenters. The molecule has 1 saturated heterocycles. The number of aromatic nitrogens is 7. The average molecular weight is 714 g/mol. The van der Waals surface area contributed by atoms with Crippen molar-refractivity contribution in [1.29, 1.82) is 0 Å². The van der Waals surface area contributed by atoms with E-state index in [9.17, 15) is 19.5 Å². The van der Waals surface area contributed by atoms with Gasteiger partial charge in [-0.2, -0.15) is 9.50 Å². The van der Waals surface area contributed by atoms with Crippen LogP contribution >= 0.6 is 11.6 Å². The van der Waals surface area contributed by atoms with E-state index in [0.717, 1.165) is 16.5 Å². The van der Waals surface area contributed by atoms with E-state index in [1.807, 2.05) is 19.9 Å². The second-order valence-corrected chi connectivity index (χ2v) is 14.0. The van der Waals surface area contributed by atoms with Crippen LogP contribution in [-0.2, 0) is 23.2 Å². The molecule has 13 nitrogen and oxygen atoms in total. The normalized spacial score (nSPS) is 16.5. The molecule has 5 aromatic rings. The number of carbonyl (C=O) groups excluding carboxylic acids is 2. The Morgan fingerprint density at radius 3 is 2.55 bits per heavy atom. The maximum Gasteiger partial charge on any atom is 0.279 e. The van der Waals surface area contributed by atoms with Crippen LogP contribution in [0.4, 0.5) is 10.1 Å². The Bertz CT molecular complexity index is 2310. The van der Waals surface area contributed by atoms with Gasteiger partial charge >= 0.3 is 0 Å². The first kappa shape index (κ1) is 34.2. The van der Waals surface area contributed by atoms with E-state index in [-0.39, 0.29) is 46.8 Å². The van der Waals surface area contributed by atoms with Gasteiger partial charge in [0.2, 0.25) is 11.7 Å². The Hall–Kier alpha value is -5.24. The van der Waals surface area contributed by atoms with Crippen LogP contribution in [0.5, 0.6) is 5.75 Å². The first-order valence-corrected chi connectivity index (χ1v) is 17.3. The number of anilines is 1. The number of aryl methyl sites for hydroxylation is 4. The van der Waals surface area contributed by atoms with Crippen LogP contribution in [0.2, 0.25) is 5.02 Å². The number of hydrogen-bond donors (Lipinski definition) is 2. The summed E-state index contributed by atoms with van der Waals surface area (Å²) >= 11 is 6.51. The van der Waals surface area contributed by atoms with E-state index >= 15 is 4.39 Å². The highest BCUT2D eigenvalue weighted by atomic mass is 35.5. The molecule has 4 aromatic heterocycles. The van der Waals surface area contributed by atoms with E-state index in [0.29, 0.717) is 65.7 Å². The lowest BCUT2D eigenvalue weighted by molar-refractivity contribution is -0.116. The molecular formula is C36H37ClFN9O4. The van der Waals surface area contributed by atoms with Crippen LogP contribution in [0.3, 0.4) is 0 Å². The molecule has 2 amide bonds. The summed E-state index contributed by atoms with van der Waals surface area (Å²) in [7, 11) is 0. The second-order valence-electron chi connectivity index (χ2n) is 13.6. The number of nitrogens with one attached hydrogen (secondary N) is 1. The summed E-state index contributed by atoms with van der Waals surface area (Å²) in [6, 6.07) is 6.99. The Morgan fingerprint density at radius 1 is 1.10 bits per heavy atom. The van der Waals surface area contributed by atoms with Crippen LogP contribution in [0.25, 0.3) is 17.2 Å². The van der Waals surface area contributed by atoms with Crippen molar-refractivity contribution in [1.82, 2.24) is 39.0 Å². The minimum atomic E-state index is -0.640. The number of carbonyl (C=O) groups is 2. The monoisotopic (exact) mass is 713 g/mol. The van der Waals surface area contributed by atoms with Crippen molar-refractivity contribution in [2.24, 2.45) is 0 Å². The van der Waals surface area contributed by atoms with Gasteiger partial charge in [0.1, 0.15) is 12.9 Å². The molecular weight excluding hydrogens is 677 g/mol. The lowest BCUT2D eigenvalue weighted by atomic mass is 9.73. The van der Waals surface area contributed by atoms with E-state index in [1.165, 1.54) is 12.4 Å². The summed E-state index contributed by atoms with van der Waals surface area (Å²) in [6.07, 6.45) is 3.53. The summed E-state index contributed by atoms with van der Waals surface area (Å²) in [5.41, 5.74) is 2.66. The molecule has 2 aliphatic rings. The molecule has 1 atom stereocenters. The highest BCUT2D eigenvalue weighted by Gasteiger charge is 2.49. The number of hydrogen-bond acceptors (Lipinski definition) is 9. The molecule has 1 fully saturated rings. The van der Waals surface area contributed by atoms with Gasteiger partial charge in [0.25, 0.3) is 11.5 Å². The number of aromatic hydroxyl groups is 1. The van der Waals surface area contributed by atoms with Crippen LogP contribution in [0.15, 0.2) is 35.4 Å². The number of halogens is 2. The van der Waals surface area contributed by atoms with Crippen LogP contribution in [-0.4, -0.2) is 69.0 Å². The van der Waals surface area contributed by atoms with Gasteiger partial charge in [0, 0.05) is 35.5 Å². The molecule has 7 rings (SSSR count). The number of piperidine rings is 1. The van der Waals surface area contributed by atoms with Gasteiger partial charge in [-0.15, -0.1) is 5.10 Å². The van der Waals surface area contributed by atoms with Crippen molar-refractivity contribution < 1.29 is 19.1 Å². The number of pyridine rings is 1. The van der Waals surface area contributed by atoms with Crippen molar-refractivity contribution in [3.05, 3.63) is 91.4 Å². The first-order chi connectivity index (χ1) is 24.3. The molecule has 5 heterocycles. The van der Waals surface area contributed by atoms with E-state index in [1.54, 1.807) is 42.4 Å². The third kappa shape index (κ3) is 5.80. The van der Waals surface area contributed by atoms with Crippen molar-refractivity contribution in [2.75, 3.05) is 18.4 Å².